The van der Waals surface area contributed by atoms with Crippen LogP contribution in [0.15, 0.2) is 147 Å². The van der Waals surface area contributed by atoms with Crippen molar-refractivity contribution in [3.05, 3.63) is 214 Å². The number of hydrogen-bond acceptors (Lipinski definition) is 21. The fourth-order valence-corrected chi connectivity index (χ4v) is 22.5. The van der Waals surface area contributed by atoms with Crippen molar-refractivity contribution >= 4 is 143 Å². The van der Waals surface area contributed by atoms with Crippen molar-refractivity contribution in [1.82, 2.24) is 84.1 Å². The van der Waals surface area contributed by atoms with Gasteiger partial charge in [-0.3, -0.25) is 24.2 Å². The van der Waals surface area contributed by atoms with Gasteiger partial charge < -0.3 is 77.8 Å². The molecule has 1 saturated heterocycles. The van der Waals surface area contributed by atoms with Crippen LogP contribution in [0.2, 0.25) is 0 Å². The minimum absolute atomic E-state index is 0.0306. The molecule has 1 aromatic carbocycles. The number of morpholine rings is 1. The van der Waals surface area contributed by atoms with E-state index in [1.165, 1.54) is 6.42 Å². The number of carbonyl (C=O) groups is 10. The second kappa shape index (κ2) is 43.1. The summed E-state index contributed by atoms with van der Waals surface area (Å²) in [6.07, 6.45) is 23.8. The summed E-state index contributed by atoms with van der Waals surface area (Å²) in [6, 6.07) is 26.7. The molecular formula is C116H143N17O16. The molecule has 0 spiro atoms. The molecule has 5 fully saturated rings. The fraction of sp³-hybridized carbons (Fsp3) is 0.474. The van der Waals surface area contributed by atoms with Gasteiger partial charge >= 0.3 is 41.9 Å². The van der Waals surface area contributed by atoms with Crippen LogP contribution in [0.3, 0.4) is 0 Å². The number of ether oxygens (including phenoxy) is 6. The first-order valence-electron chi connectivity index (χ1n) is 52.3. The molecule has 149 heavy (non-hydrogen) atoms. The average molecular weight is 2030 g/mol. The van der Waals surface area contributed by atoms with Crippen LogP contribution in [0.1, 0.15) is 276 Å². The Labute approximate surface area is 870 Å². The summed E-state index contributed by atoms with van der Waals surface area (Å²) in [5.41, 5.74) is 13.1. The highest BCUT2D eigenvalue weighted by Gasteiger charge is 2.63. The summed E-state index contributed by atoms with van der Waals surface area (Å²) in [5.74, 6) is -1.35. The van der Waals surface area contributed by atoms with Crippen LogP contribution in [-0.2, 0) is 89.1 Å². The van der Waals surface area contributed by atoms with Gasteiger partial charge in [0.15, 0.2) is 0 Å². The molecule has 0 radical (unpaired) electrons. The van der Waals surface area contributed by atoms with Gasteiger partial charge in [0.05, 0.1) is 105 Å². The lowest BCUT2D eigenvalue weighted by atomic mass is 9.44. The number of aryl methyl sites for hydroxylation is 1. The van der Waals surface area contributed by atoms with Crippen molar-refractivity contribution in [3.63, 3.8) is 0 Å². The number of carbonyl (C=O) groups excluding carboxylic acids is 10. The third-order valence-electron chi connectivity index (χ3n) is 29.1. The molecule has 0 unspecified atom stereocenters. The van der Waals surface area contributed by atoms with Crippen molar-refractivity contribution in [2.24, 2.45) is 17.3 Å². The summed E-state index contributed by atoms with van der Waals surface area (Å²) in [5, 5.41) is 4.80. The molecule has 2 bridgehead atoms. The fourth-order valence-electron chi connectivity index (χ4n) is 22.5. The molecule has 7 amide bonds. The molecule has 788 valence electrons. The van der Waals surface area contributed by atoms with E-state index >= 15 is 0 Å². The van der Waals surface area contributed by atoms with E-state index in [1.807, 2.05) is 175 Å². The van der Waals surface area contributed by atoms with E-state index in [1.54, 1.807) is 96.3 Å². The second-order valence-electron chi connectivity index (χ2n) is 45.1. The summed E-state index contributed by atoms with van der Waals surface area (Å²) in [4.78, 5) is 183. The number of fused-ring (bicyclic) bond motifs is 15. The Morgan fingerprint density at radius 3 is 1.00 bits per heavy atom. The number of H-pyrrole nitrogens is 5. The average Bonchev–Trinajstić information content (AvgIpc) is 1.29. The van der Waals surface area contributed by atoms with Crippen LogP contribution in [0.4, 0.5) is 9.59 Å². The molecule has 10 aromatic heterocycles. The quantitative estimate of drug-likeness (QED) is 0.0470. The molecule has 21 rings (SSSR count). The Morgan fingerprint density at radius 2 is 0.678 bits per heavy atom. The zero-order valence-electron chi connectivity index (χ0n) is 90.2. The van der Waals surface area contributed by atoms with Gasteiger partial charge in [0.2, 0.25) is 11.8 Å². The first kappa shape index (κ1) is 107. The molecule has 0 atom stereocenters. The number of rotatable bonds is 15. The Balaban J connectivity index is 0.000000133. The number of benzene rings is 1. The highest BCUT2D eigenvalue weighted by molar-refractivity contribution is 6.22. The number of pyridine rings is 5. The first-order valence-corrected chi connectivity index (χ1v) is 52.3. The Morgan fingerprint density at radius 1 is 0.383 bits per heavy atom. The van der Waals surface area contributed by atoms with Crippen molar-refractivity contribution in [2.45, 2.75) is 268 Å². The number of aromatic nitrogens is 10. The summed E-state index contributed by atoms with van der Waals surface area (Å²) >= 11 is 0. The zero-order valence-corrected chi connectivity index (χ0v) is 90.2. The molecule has 33 nitrogen and oxygen atoms in total. The van der Waals surface area contributed by atoms with Gasteiger partial charge in [-0.15, -0.1) is 0 Å². The van der Waals surface area contributed by atoms with Crippen LogP contribution in [-0.4, -0.2) is 246 Å². The molecular weight excluding hydrogens is 1890 g/mol. The Hall–Kier alpha value is -14.4. The molecule has 6 aliphatic heterocycles. The lowest BCUT2D eigenvalue weighted by Gasteiger charge is -2.61. The van der Waals surface area contributed by atoms with E-state index < -0.39 is 46.1 Å². The Kier molecular flexibility index (Phi) is 31.0. The number of hydrogen-bond donors (Lipinski definition) is 5. The molecule has 4 saturated carbocycles. The third kappa shape index (κ3) is 22.1. The predicted octanol–water partition coefficient (Wildman–Crippen LogP) is 19.7. The van der Waals surface area contributed by atoms with E-state index in [-0.39, 0.29) is 82.5 Å². The van der Waals surface area contributed by atoms with Crippen LogP contribution in [0, 0.1) is 24.2 Å². The van der Waals surface area contributed by atoms with E-state index in [9.17, 15) is 47.9 Å². The number of esters is 5. The minimum Gasteiger partial charge on any atom is -0.459 e. The second-order valence-corrected chi connectivity index (χ2v) is 45.1. The topological polar surface area (TPSA) is 392 Å². The maximum absolute atomic E-state index is 13.5. The molecule has 11 aromatic rings. The van der Waals surface area contributed by atoms with E-state index in [0.717, 1.165) is 128 Å². The van der Waals surface area contributed by atoms with Gasteiger partial charge in [-0.2, -0.15) is 0 Å². The van der Waals surface area contributed by atoms with E-state index in [0.29, 0.717) is 145 Å². The van der Waals surface area contributed by atoms with Gasteiger partial charge in [-0.1, -0.05) is 107 Å². The van der Waals surface area contributed by atoms with Crippen LogP contribution >= 0.6 is 0 Å². The number of amides is 7. The van der Waals surface area contributed by atoms with Gasteiger partial charge in [0.25, 0.3) is 5.91 Å². The summed E-state index contributed by atoms with van der Waals surface area (Å²) < 4.78 is 33.0. The lowest BCUT2D eigenvalue weighted by molar-refractivity contribution is -0.174. The summed E-state index contributed by atoms with van der Waals surface area (Å²) in [6.45, 7) is 50.6. The number of aromatic amines is 5. The largest absolute Gasteiger partial charge is 0.459 e. The van der Waals surface area contributed by atoms with Crippen molar-refractivity contribution in [2.75, 3.05) is 72.1 Å². The van der Waals surface area contributed by atoms with Crippen molar-refractivity contribution in [3.8, 4) is 0 Å². The van der Waals surface area contributed by atoms with Crippen LogP contribution in [0.25, 0.3) is 83.0 Å². The highest BCUT2D eigenvalue weighted by atomic mass is 16.6. The van der Waals surface area contributed by atoms with Crippen molar-refractivity contribution < 1.29 is 76.4 Å². The first-order chi connectivity index (χ1) is 70.6. The van der Waals surface area contributed by atoms with Gasteiger partial charge in [-0.05, 0) is 228 Å². The monoisotopic (exact) mass is 2030 g/mol. The van der Waals surface area contributed by atoms with Gasteiger partial charge in [0.1, 0.15) is 28.2 Å². The number of urea groups is 2. The highest BCUT2D eigenvalue weighted by Crippen LogP contribution is 2.65. The van der Waals surface area contributed by atoms with E-state index in [4.69, 9.17) is 28.4 Å². The molecule has 33 heteroatoms. The van der Waals surface area contributed by atoms with Crippen LogP contribution < -0.4 is 0 Å². The smallest absolute Gasteiger partial charge is 0.342 e. The Bertz CT molecular complexity index is 6990. The SMILES string of the molecule is CC(C)OC(=O)C1=CN(C(=O)C23CC(C2)C3)CC(C)(C)c2c1[nH]c1ncccc21.CC(C)OC(=O)C1=CN(C(=O)C2CCCCC2)CC(C)(C)c2c1[nH]c1ncccc21.CC(C)OC(=O)C1=CN(C(=O)N2CCOCC2)CC(C)(C)c2c1[nH]c1ncccc21.CCN(CC)C(=O)N1C=C(C(=O)OC(C)C)c2[nH]c3ncccc3c2C(C)(C)C1.Cc1ccccc1C(=O)N1C=C(C(=O)OC(C)C)c2[nH]c3ncccc3c2C(C)(C)C1. The number of nitrogens with one attached hydrogen (secondary N) is 5. The van der Waals surface area contributed by atoms with Crippen LogP contribution in [0.5, 0.6) is 0 Å². The molecule has 4 aliphatic carbocycles. The third-order valence-corrected chi connectivity index (χ3v) is 29.1. The van der Waals surface area contributed by atoms with Gasteiger partial charge in [-0.25, -0.2) is 58.5 Å². The molecule has 5 N–H and O–H groups in total. The molecule has 16 heterocycles. The molecule has 10 aliphatic rings. The maximum Gasteiger partial charge on any atom is 0.342 e. The maximum atomic E-state index is 13.5. The number of nitrogens with zero attached hydrogens (tertiary/aromatic N) is 12. The summed E-state index contributed by atoms with van der Waals surface area (Å²) in [7, 11) is 0. The lowest BCUT2D eigenvalue weighted by Crippen LogP contribution is -2.61. The van der Waals surface area contributed by atoms with Crippen molar-refractivity contribution in [1.29, 1.82) is 0 Å². The van der Waals surface area contributed by atoms with E-state index in [2.05, 4.69) is 119 Å². The normalized spacial score (nSPS) is 19.2. The predicted molar refractivity (Wildman–Crippen MR) is 573 cm³/mol. The minimum atomic E-state index is -0.469. The zero-order chi connectivity index (χ0) is 107. The van der Waals surface area contributed by atoms with Gasteiger partial charge in [0, 0.05) is 186 Å². The standard InChI is InChI=1S/C25H27N3O3.C24H31N3O3.C23H27N3O3.C22H28N4O4.C22H30N4O3/c1-15(2)31-24(30)19-13-28(23(29)17-10-7-6-9-16(17)3)14-25(4,5)20-18-11-8-12-26-22(18)27-21(19)20;1-15(2)30-23(29)18-13-27(22(28)16-9-6-5-7-10-16)14-24(3,4)19-17-11-8-12-25-21(17)26-20(18)19;1-13(2)29-20(27)16-11-26(21(28)23-8-14(9-23)10-23)12-22(3,4)17-15-6-5-7-24-19(15)25-18(16)17;1-14(2)30-20(27)16-12-26(21(28)25-8-10-29-11-9-25)13-22(3,4)17-15-6-5-7-23-19(15)24-18(16)17;1-7-25(8-2)21(28)26-12-16(20(27)29-14(3)4)18-17(22(5,6)13-26)15-10-9-11-23-19(15)24-18/h6-13,15H,14H2,1-5H3,(H,26,27);8,11-13,15-16H,5-7,9-10,14H2,1-4H3,(H,25,26);5-7,11,13-14H,8-10,12H2,1-4H3,(H,24,25);5-7,12,14H,8-11,13H2,1-4H3,(H,23,24);9-12,14H,7-8,13H2,1-6H3,(H,23,24).